The topological polar surface area (TPSA) is 104 Å². The summed E-state index contributed by atoms with van der Waals surface area (Å²) >= 11 is 4.86. The zero-order valence-corrected chi connectivity index (χ0v) is 12.0. The van der Waals surface area contributed by atoms with Crippen molar-refractivity contribution in [1.82, 2.24) is 9.78 Å². The maximum Gasteiger partial charge on any atom is 0.277 e. The zero-order chi connectivity index (χ0) is 15.6. The van der Waals surface area contributed by atoms with E-state index in [9.17, 15) is 14.9 Å². The number of hydrogen-bond donors (Lipinski definition) is 1. The predicted octanol–water partition coefficient (Wildman–Crippen LogP) is 1.47. The summed E-state index contributed by atoms with van der Waals surface area (Å²) in [5.41, 5.74) is 6.21. The van der Waals surface area contributed by atoms with E-state index >= 15 is 0 Å². The summed E-state index contributed by atoms with van der Waals surface area (Å²) in [6, 6.07) is 7.44. The fraction of sp³-hybridized carbons (Fsp3) is 0.154. The minimum Gasteiger partial charge on any atom is -0.389 e. The van der Waals surface area contributed by atoms with E-state index in [-0.39, 0.29) is 21.8 Å². The normalized spacial score (nSPS) is 10.3. The number of thiocarbonyl (C=S) groups is 1. The van der Waals surface area contributed by atoms with E-state index in [0.717, 1.165) is 0 Å². The minimum absolute atomic E-state index is 0.0312. The standard InChI is InChI=1S/C13H12N4O3S/c1-2-16-13(18)10(12(14)21)7-11(15-16)8-4-3-5-9(6-8)17(19)20/h3-7H,2H2,1H3,(H2,14,21). The lowest BCUT2D eigenvalue weighted by Crippen LogP contribution is -2.30. The molecule has 0 aliphatic carbocycles. The van der Waals surface area contributed by atoms with Crippen LogP contribution in [0, 0.1) is 10.1 Å². The number of nitrogens with two attached hydrogens (primary N) is 1. The highest BCUT2D eigenvalue weighted by molar-refractivity contribution is 7.80. The Balaban J connectivity index is 2.66. The first kappa shape index (κ1) is 14.8. The minimum atomic E-state index is -0.492. The maximum absolute atomic E-state index is 12.0. The number of nitro groups is 1. The largest absolute Gasteiger partial charge is 0.389 e. The van der Waals surface area contributed by atoms with Crippen molar-refractivity contribution in [2.24, 2.45) is 5.73 Å². The van der Waals surface area contributed by atoms with E-state index in [1.165, 1.54) is 22.9 Å². The summed E-state index contributed by atoms with van der Waals surface area (Å²) in [5.74, 6) is 0. The van der Waals surface area contributed by atoms with Crippen molar-refractivity contribution >= 4 is 22.9 Å². The van der Waals surface area contributed by atoms with Crippen molar-refractivity contribution in [2.45, 2.75) is 13.5 Å². The van der Waals surface area contributed by atoms with Crippen molar-refractivity contribution < 1.29 is 4.92 Å². The Bertz CT molecular complexity index is 785. The van der Waals surface area contributed by atoms with Crippen molar-refractivity contribution in [3.8, 4) is 11.3 Å². The van der Waals surface area contributed by atoms with E-state index in [4.69, 9.17) is 18.0 Å². The molecule has 108 valence electrons. The van der Waals surface area contributed by atoms with Gasteiger partial charge in [0.15, 0.2) is 0 Å². The van der Waals surface area contributed by atoms with Gasteiger partial charge >= 0.3 is 0 Å². The molecule has 8 heteroatoms. The molecule has 2 rings (SSSR count). The molecule has 2 N–H and O–H groups in total. The maximum atomic E-state index is 12.0. The number of hydrogen-bond acceptors (Lipinski definition) is 5. The average Bonchev–Trinajstić information content (AvgIpc) is 2.47. The molecule has 0 aliphatic heterocycles. The molecular formula is C13H12N4O3S. The molecule has 1 aromatic carbocycles. The number of rotatable bonds is 4. The van der Waals surface area contributed by atoms with Crippen LogP contribution in [-0.2, 0) is 6.54 Å². The van der Waals surface area contributed by atoms with Gasteiger partial charge in [-0.2, -0.15) is 5.10 Å². The van der Waals surface area contributed by atoms with Gasteiger partial charge < -0.3 is 5.73 Å². The first-order valence-electron chi connectivity index (χ1n) is 6.10. The van der Waals surface area contributed by atoms with Crippen molar-refractivity contribution in [1.29, 1.82) is 0 Å². The molecule has 0 fully saturated rings. The van der Waals surface area contributed by atoms with E-state index in [1.54, 1.807) is 19.1 Å². The molecular weight excluding hydrogens is 292 g/mol. The molecule has 0 saturated heterocycles. The van der Waals surface area contributed by atoms with Crippen molar-refractivity contribution in [3.05, 3.63) is 56.4 Å². The van der Waals surface area contributed by atoms with Gasteiger partial charge in [0.1, 0.15) is 4.99 Å². The fourth-order valence-corrected chi connectivity index (χ4v) is 2.00. The Morgan fingerprint density at radius 2 is 2.19 bits per heavy atom. The second kappa shape index (κ2) is 5.80. The van der Waals surface area contributed by atoms with Crippen LogP contribution in [0.15, 0.2) is 35.1 Å². The van der Waals surface area contributed by atoms with Crippen LogP contribution in [-0.4, -0.2) is 19.7 Å². The van der Waals surface area contributed by atoms with Crippen LogP contribution in [0.3, 0.4) is 0 Å². The summed E-state index contributed by atoms with van der Waals surface area (Å²) in [5, 5.41) is 15.0. The second-order valence-corrected chi connectivity index (χ2v) is 4.68. The first-order valence-corrected chi connectivity index (χ1v) is 6.51. The van der Waals surface area contributed by atoms with Crippen LogP contribution in [0.25, 0.3) is 11.3 Å². The molecule has 2 aromatic rings. The van der Waals surface area contributed by atoms with Gasteiger partial charge in [-0.05, 0) is 13.0 Å². The number of aryl methyl sites for hydroxylation is 1. The highest BCUT2D eigenvalue weighted by Crippen LogP contribution is 2.22. The Hall–Kier alpha value is -2.61. The predicted molar refractivity (Wildman–Crippen MR) is 82.1 cm³/mol. The highest BCUT2D eigenvalue weighted by Gasteiger charge is 2.13. The van der Waals surface area contributed by atoms with Gasteiger partial charge in [0.25, 0.3) is 11.2 Å². The monoisotopic (exact) mass is 304 g/mol. The number of aromatic nitrogens is 2. The third-order valence-corrected chi connectivity index (χ3v) is 3.11. The molecule has 21 heavy (non-hydrogen) atoms. The molecule has 0 atom stereocenters. The van der Waals surface area contributed by atoms with E-state index in [0.29, 0.717) is 17.8 Å². The highest BCUT2D eigenvalue weighted by atomic mass is 32.1. The lowest BCUT2D eigenvalue weighted by Gasteiger charge is -2.08. The van der Waals surface area contributed by atoms with Crippen LogP contribution < -0.4 is 11.3 Å². The Kier molecular flexibility index (Phi) is 4.08. The number of nitrogens with zero attached hydrogens (tertiary/aromatic N) is 3. The third kappa shape index (κ3) is 2.95. The lowest BCUT2D eigenvalue weighted by molar-refractivity contribution is -0.384. The van der Waals surface area contributed by atoms with Crippen molar-refractivity contribution in [3.63, 3.8) is 0 Å². The molecule has 1 aromatic heterocycles. The molecule has 1 heterocycles. The smallest absolute Gasteiger partial charge is 0.277 e. The summed E-state index contributed by atoms with van der Waals surface area (Å²) < 4.78 is 1.22. The quantitative estimate of drug-likeness (QED) is 0.521. The molecule has 0 radical (unpaired) electrons. The first-order chi connectivity index (χ1) is 9.93. The summed E-state index contributed by atoms with van der Waals surface area (Å²) in [6.45, 7) is 2.10. The molecule has 0 bridgehead atoms. The molecule has 0 unspecified atom stereocenters. The molecule has 7 nitrogen and oxygen atoms in total. The molecule has 0 saturated carbocycles. The zero-order valence-electron chi connectivity index (χ0n) is 11.1. The van der Waals surface area contributed by atoms with Gasteiger partial charge in [-0.15, -0.1) is 0 Å². The van der Waals surface area contributed by atoms with Crippen LogP contribution >= 0.6 is 12.2 Å². The van der Waals surface area contributed by atoms with Gasteiger partial charge in [-0.1, -0.05) is 24.4 Å². The molecule has 0 aliphatic rings. The van der Waals surface area contributed by atoms with Gasteiger partial charge in [-0.25, -0.2) is 4.68 Å². The van der Waals surface area contributed by atoms with E-state index in [1.807, 2.05) is 0 Å². The third-order valence-electron chi connectivity index (χ3n) is 2.89. The van der Waals surface area contributed by atoms with Gasteiger partial charge in [0.2, 0.25) is 0 Å². The number of nitro benzene ring substituents is 1. The van der Waals surface area contributed by atoms with Crippen LogP contribution in [0.2, 0.25) is 0 Å². The lowest BCUT2D eigenvalue weighted by atomic mass is 10.1. The van der Waals surface area contributed by atoms with Crippen LogP contribution in [0.5, 0.6) is 0 Å². The van der Waals surface area contributed by atoms with Crippen LogP contribution in [0.4, 0.5) is 5.69 Å². The van der Waals surface area contributed by atoms with E-state index < -0.39 is 4.92 Å². The number of benzene rings is 1. The fourth-order valence-electron chi connectivity index (χ4n) is 1.85. The molecule has 0 amide bonds. The summed E-state index contributed by atoms with van der Waals surface area (Å²) in [7, 11) is 0. The van der Waals surface area contributed by atoms with E-state index in [2.05, 4.69) is 5.10 Å². The summed E-state index contributed by atoms with van der Waals surface area (Å²) in [4.78, 5) is 22.3. The van der Waals surface area contributed by atoms with Gasteiger partial charge in [0, 0.05) is 24.2 Å². The second-order valence-electron chi connectivity index (χ2n) is 4.24. The average molecular weight is 304 g/mol. The Labute approximate surface area is 125 Å². The van der Waals surface area contributed by atoms with Crippen LogP contribution in [0.1, 0.15) is 12.5 Å². The van der Waals surface area contributed by atoms with Gasteiger partial charge in [-0.3, -0.25) is 14.9 Å². The SMILES string of the molecule is CCn1nc(-c2cccc([N+](=O)[O-])c2)cc(C(N)=S)c1=O. The summed E-state index contributed by atoms with van der Waals surface area (Å²) in [6.07, 6.45) is 0. The Morgan fingerprint density at radius 1 is 1.48 bits per heavy atom. The Morgan fingerprint density at radius 3 is 2.76 bits per heavy atom. The molecule has 0 spiro atoms. The number of non-ortho nitro benzene ring substituents is 1. The van der Waals surface area contributed by atoms with Gasteiger partial charge in [0.05, 0.1) is 16.2 Å². The van der Waals surface area contributed by atoms with Crippen molar-refractivity contribution in [2.75, 3.05) is 0 Å².